The number of hydrogen-bond acceptors (Lipinski definition) is 6. The van der Waals surface area contributed by atoms with Crippen molar-refractivity contribution < 1.29 is 4.79 Å². The van der Waals surface area contributed by atoms with E-state index in [2.05, 4.69) is 71.0 Å². The average molecular weight is 478 g/mol. The van der Waals surface area contributed by atoms with Crippen LogP contribution < -0.4 is 14.9 Å². The van der Waals surface area contributed by atoms with Crippen molar-refractivity contribution in [3.05, 3.63) is 70.9 Å². The van der Waals surface area contributed by atoms with Gasteiger partial charge in [0, 0.05) is 30.2 Å². The topological polar surface area (TPSA) is 69.6 Å². The molecule has 0 radical (unpaired) electrons. The Bertz CT molecular complexity index is 1070. The molecule has 0 spiro atoms. The minimum absolute atomic E-state index is 0.0749. The van der Waals surface area contributed by atoms with E-state index in [-0.39, 0.29) is 17.5 Å². The van der Waals surface area contributed by atoms with Crippen LogP contribution in [0, 0.1) is 5.92 Å². The Morgan fingerprint density at radius 1 is 1.18 bits per heavy atom. The predicted molar refractivity (Wildman–Crippen MR) is 142 cm³/mol. The lowest BCUT2D eigenvalue weighted by atomic mass is 9.90. The zero-order valence-corrected chi connectivity index (χ0v) is 21.4. The van der Waals surface area contributed by atoms with Crippen molar-refractivity contribution in [3.8, 4) is 0 Å². The quantitative estimate of drug-likeness (QED) is 0.530. The predicted octanol–water partition coefficient (Wildman–Crippen LogP) is 5.86. The minimum atomic E-state index is -0.136. The maximum absolute atomic E-state index is 13.2. The van der Waals surface area contributed by atoms with Crippen LogP contribution in [-0.4, -0.2) is 28.8 Å². The number of aliphatic imine (C=N–C) groups is 1. The Morgan fingerprint density at radius 3 is 2.74 bits per heavy atom. The number of nitrogens with one attached hydrogen (secondary N) is 2. The smallest absolute Gasteiger partial charge is 0.265 e. The second kappa shape index (κ2) is 10.6. The number of fused-ring (bicyclic) bond motifs is 4. The fourth-order valence-corrected chi connectivity index (χ4v) is 5.78. The average Bonchev–Trinajstić information content (AvgIpc) is 3.14. The van der Waals surface area contributed by atoms with Crippen LogP contribution in [0.5, 0.6) is 0 Å². The summed E-state index contributed by atoms with van der Waals surface area (Å²) >= 11 is 1.29. The number of aromatic nitrogens is 1. The highest BCUT2D eigenvalue weighted by atomic mass is 32.2. The van der Waals surface area contributed by atoms with Gasteiger partial charge in [0.15, 0.2) is 0 Å². The second-order valence-corrected chi connectivity index (χ2v) is 10.6. The normalized spacial score (nSPS) is 24.4. The van der Waals surface area contributed by atoms with E-state index in [1.165, 1.54) is 17.5 Å². The molecule has 0 saturated carbocycles. The molecule has 1 aromatic heterocycles. The fourth-order valence-electron chi connectivity index (χ4n) is 5.02. The van der Waals surface area contributed by atoms with Crippen LogP contribution in [0.25, 0.3) is 0 Å². The fraction of sp³-hybridized carbons (Fsp3) is 0.444. The molecule has 2 bridgehead atoms. The molecule has 6 nitrogen and oxygen atoms in total. The molecule has 3 heterocycles. The van der Waals surface area contributed by atoms with Crippen molar-refractivity contribution in [3.63, 3.8) is 0 Å². The maximum Gasteiger partial charge on any atom is 0.265 e. The third-order valence-corrected chi connectivity index (χ3v) is 7.35. The lowest BCUT2D eigenvalue weighted by Crippen LogP contribution is -2.40. The molecular weight excluding hydrogens is 442 g/mol. The van der Waals surface area contributed by atoms with Gasteiger partial charge in [-0.3, -0.25) is 14.5 Å². The number of amidine groups is 1. The molecule has 1 amide bonds. The Morgan fingerprint density at radius 2 is 1.97 bits per heavy atom. The monoisotopic (exact) mass is 477 g/mol. The van der Waals surface area contributed by atoms with Crippen molar-refractivity contribution in [2.75, 3.05) is 11.4 Å². The van der Waals surface area contributed by atoms with E-state index in [1.54, 1.807) is 6.20 Å². The van der Waals surface area contributed by atoms with Gasteiger partial charge in [-0.1, -0.05) is 43.3 Å². The first-order chi connectivity index (χ1) is 16.4. The number of benzene rings is 1. The molecule has 2 atom stereocenters. The number of carbonyl (C=O) groups is 1. The van der Waals surface area contributed by atoms with Crippen LogP contribution in [0.15, 0.2) is 64.8 Å². The van der Waals surface area contributed by atoms with E-state index in [0.29, 0.717) is 11.5 Å². The van der Waals surface area contributed by atoms with E-state index in [1.807, 2.05) is 25.1 Å². The lowest BCUT2D eigenvalue weighted by molar-refractivity contribution is 0.0984. The largest absolute Gasteiger partial charge is 0.351 e. The summed E-state index contributed by atoms with van der Waals surface area (Å²) < 4.78 is 3.02. The van der Waals surface area contributed by atoms with Crippen molar-refractivity contribution in [2.24, 2.45) is 10.9 Å². The molecule has 2 aliphatic heterocycles. The summed E-state index contributed by atoms with van der Waals surface area (Å²) in [7, 11) is 0. The van der Waals surface area contributed by atoms with Crippen molar-refractivity contribution >= 4 is 29.5 Å². The highest BCUT2D eigenvalue weighted by Crippen LogP contribution is 2.40. The van der Waals surface area contributed by atoms with Crippen molar-refractivity contribution in [1.82, 2.24) is 15.0 Å². The third-order valence-electron chi connectivity index (χ3n) is 6.58. The molecule has 0 aliphatic carbocycles. The standard InChI is InChI=1S/C27H35N5OS/c1-5-10-24-30-19(2)29-23(21-11-7-6-8-12-21)15-14-20-17-27(3,4)32(18-20)25-22(13-9-16-28-25)26(33)31-34-24/h6-13,16,20,23H,5,14-15,17-18H2,1-4H3,(H,29,30)(H,31,33)/b24-10+. The van der Waals surface area contributed by atoms with Gasteiger partial charge in [0.1, 0.15) is 5.82 Å². The molecule has 1 fully saturated rings. The minimum Gasteiger partial charge on any atom is -0.351 e. The summed E-state index contributed by atoms with van der Waals surface area (Å²) in [6.45, 7) is 9.48. The van der Waals surface area contributed by atoms with Gasteiger partial charge >= 0.3 is 0 Å². The molecule has 2 aliphatic rings. The van der Waals surface area contributed by atoms with Gasteiger partial charge in [-0.25, -0.2) is 4.98 Å². The molecule has 7 heteroatoms. The first-order valence-electron chi connectivity index (χ1n) is 12.1. The number of pyridine rings is 1. The van der Waals surface area contributed by atoms with E-state index in [9.17, 15) is 4.79 Å². The summed E-state index contributed by atoms with van der Waals surface area (Å²) in [6.07, 6.45) is 7.80. The SMILES string of the molecule is CC/C=C1\NC(C)=NC(c2ccccc2)CCC2CN(c3ncccc3C(=O)NS1)C(C)(C)C2. The third kappa shape index (κ3) is 5.63. The van der Waals surface area contributed by atoms with Gasteiger partial charge in [0.2, 0.25) is 0 Å². The van der Waals surface area contributed by atoms with Crippen LogP contribution in [0.2, 0.25) is 0 Å². The zero-order valence-electron chi connectivity index (χ0n) is 20.5. The second-order valence-electron chi connectivity index (χ2n) is 9.72. The van der Waals surface area contributed by atoms with E-state index in [4.69, 9.17) is 4.99 Å². The molecule has 2 N–H and O–H groups in total. The number of nitrogens with zero attached hydrogens (tertiary/aromatic N) is 3. The van der Waals surface area contributed by atoms with E-state index in [0.717, 1.165) is 48.9 Å². The van der Waals surface area contributed by atoms with Gasteiger partial charge in [0.25, 0.3) is 5.91 Å². The Hall–Kier alpha value is -2.80. The van der Waals surface area contributed by atoms with Crippen molar-refractivity contribution in [1.29, 1.82) is 0 Å². The van der Waals surface area contributed by atoms with Crippen LogP contribution in [0.3, 0.4) is 0 Å². The Balaban J connectivity index is 1.71. The molecule has 2 unspecified atom stereocenters. The van der Waals surface area contributed by atoms with E-state index < -0.39 is 0 Å². The first-order valence-corrected chi connectivity index (χ1v) is 13.0. The molecule has 2 aromatic rings. The summed E-state index contributed by atoms with van der Waals surface area (Å²) in [4.78, 5) is 25.3. The van der Waals surface area contributed by atoms with Crippen LogP contribution in [0.1, 0.15) is 75.3 Å². The number of anilines is 1. The van der Waals surface area contributed by atoms with Gasteiger partial charge in [-0.15, -0.1) is 0 Å². The van der Waals surface area contributed by atoms with Gasteiger partial charge in [0.05, 0.1) is 22.5 Å². The highest BCUT2D eigenvalue weighted by molar-refractivity contribution is 8.01. The molecule has 1 saturated heterocycles. The van der Waals surface area contributed by atoms with Gasteiger partial charge < -0.3 is 10.2 Å². The lowest BCUT2D eigenvalue weighted by Gasteiger charge is -2.33. The highest BCUT2D eigenvalue weighted by Gasteiger charge is 2.40. The summed E-state index contributed by atoms with van der Waals surface area (Å²) in [5, 5.41) is 4.28. The van der Waals surface area contributed by atoms with Crippen molar-refractivity contribution in [2.45, 2.75) is 65.0 Å². The molecule has 34 heavy (non-hydrogen) atoms. The summed E-state index contributed by atoms with van der Waals surface area (Å²) in [6, 6.07) is 14.3. The molecule has 1 aromatic carbocycles. The zero-order chi connectivity index (χ0) is 24.1. The Labute approximate surface area is 207 Å². The van der Waals surface area contributed by atoms with E-state index >= 15 is 0 Å². The number of hydrogen-bond donors (Lipinski definition) is 2. The maximum atomic E-state index is 13.2. The number of carbonyl (C=O) groups excluding carboxylic acids is 1. The Kier molecular flexibility index (Phi) is 7.61. The number of allylic oxidation sites excluding steroid dienone is 1. The van der Waals surface area contributed by atoms with Gasteiger partial charge in [-0.2, -0.15) is 0 Å². The molecule has 4 rings (SSSR count). The van der Waals surface area contributed by atoms with Gasteiger partial charge in [-0.05, 0) is 70.1 Å². The number of rotatable bonds is 2. The number of amides is 1. The molecular formula is C27H35N5OS. The first kappa shape index (κ1) is 24.3. The summed E-state index contributed by atoms with van der Waals surface area (Å²) in [5.41, 5.74) is 1.77. The summed E-state index contributed by atoms with van der Waals surface area (Å²) in [5.74, 6) is 1.99. The van der Waals surface area contributed by atoms with Crippen LogP contribution in [-0.2, 0) is 0 Å². The van der Waals surface area contributed by atoms with Crippen LogP contribution in [0.4, 0.5) is 5.82 Å². The molecule has 180 valence electrons. The van der Waals surface area contributed by atoms with Crippen LogP contribution >= 0.6 is 11.9 Å².